The Morgan fingerprint density at radius 2 is 1.79 bits per heavy atom. The molecular formula is C22H25N3O4. The van der Waals surface area contributed by atoms with Crippen molar-refractivity contribution in [2.45, 2.75) is 25.8 Å². The molecular weight excluding hydrogens is 370 g/mol. The van der Waals surface area contributed by atoms with Gasteiger partial charge in [0.15, 0.2) is 11.5 Å². The number of nitrogens with one attached hydrogen (secondary N) is 2. The van der Waals surface area contributed by atoms with Crippen LogP contribution in [0.2, 0.25) is 0 Å². The second-order valence-corrected chi connectivity index (χ2v) is 7.36. The molecule has 2 aliphatic heterocycles. The number of ether oxygens (including phenoxy) is 2. The Balaban J connectivity index is 1.23. The van der Waals surface area contributed by atoms with Gasteiger partial charge < -0.3 is 25.0 Å². The van der Waals surface area contributed by atoms with Crippen molar-refractivity contribution in [1.29, 1.82) is 0 Å². The van der Waals surface area contributed by atoms with Gasteiger partial charge in [0, 0.05) is 32.4 Å². The number of benzene rings is 2. The highest BCUT2D eigenvalue weighted by molar-refractivity contribution is 6.35. The van der Waals surface area contributed by atoms with Gasteiger partial charge in [-0.25, -0.2) is 0 Å². The van der Waals surface area contributed by atoms with Crippen LogP contribution in [0.3, 0.4) is 0 Å². The molecule has 7 heteroatoms. The van der Waals surface area contributed by atoms with Crippen molar-refractivity contribution in [1.82, 2.24) is 10.6 Å². The van der Waals surface area contributed by atoms with Crippen molar-refractivity contribution >= 4 is 17.5 Å². The summed E-state index contributed by atoms with van der Waals surface area (Å²) in [6.07, 6.45) is 2.94. The van der Waals surface area contributed by atoms with Crippen LogP contribution in [0, 0.1) is 0 Å². The minimum atomic E-state index is -0.644. The summed E-state index contributed by atoms with van der Waals surface area (Å²) >= 11 is 0. The second kappa shape index (κ2) is 8.43. The van der Waals surface area contributed by atoms with Crippen LogP contribution in [-0.2, 0) is 29.0 Å². The largest absolute Gasteiger partial charge is 0.454 e. The number of aryl methyl sites for hydroxylation is 1. The smallest absolute Gasteiger partial charge is 0.309 e. The summed E-state index contributed by atoms with van der Waals surface area (Å²) in [4.78, 5) is 26.4. The molecule has 0 radical (unpaired) electrons. The molecule has 152 valence electrons. The van der Waals surface area contributed by atoms with Crippen LogP contribution in [-0.4, -0.2) is 38.7 Å². The standard InChI is InChI=1S/C22H25N3O4/c1-25-10-2-3-17-11-15(4-6-18(17)25)8-9-23-21(26)22(27)24-13-16-5-7-19-20(12-16)29-14-28-19/h4-7,11-12H,2-3,8-10,13-14H2,1H3,(H,23,26)(H,24,27). The molecule has 0 aromatic heterocycles. The number of fused-ring (bicyclic) bond motifs is 2. The molecule has 0 bridgehead atoms. The van der Waals surface area contributed by atoms with E-state index in [-0.39, 0.29) is 13.3 Å². The molecule has 2 aromatic rings. The molecule has 0 atom stereocenters. The van der Waals surface area contributed by atoms with Gasteiger partial charge >= 0.3 is 11.8 Å². The van der Waals surface area contributed by atoms with Crippen molar-refractivity contribution < 1.29 is 19.1 Å². The summed E-state index contributed by atoms with van der Waals surface area (Å²) in [6, 6.07) is 11.9. The van der Waals surface area contributed by atoms with Gasteiger partial charge in [-0.05, 0) is 54.2 Å². The third-order valence-electron chi connectivity index (χ3n) is 5.29. The second-order valence-electron chi connectivity index (χ2n) is 7.36. The predicted octanol–water partition coefficient (Wildman–Crippen LogP) is 1.77. The Hall–Kier alpha value is -3.22. The van der Waals surface area contributed by atoms with E-state index in [0.717, 1.165) is 24.9 Å². The van der Waals surface area contributed by atoms with Crippen LogP contribution < -0.4 is 25.0 Å². The van der Waals surface area contributed by atoms with Gasteiger partial charge in [0.2, 0.25) is 6.79 Å². The Morgan fingerprint density at radius 3 is 2.69 bits per heavy atom. The lowest BCUT2D eigenvalue weighted by Gasteiger charge is -2.27. The SMILES string of the molecule is CN1CCCc2cc(CCNC(=O)C(=O)NCc3ccc4c(c3)OCO4)ccc21. The maximum absolute atomic E-state index is 12.0. The summed E-state index contributed by atoms with van der Waals surface area (Å²) in [5.41, 5.74) is 4.64. The summed E-state index contributed by atoms with van der Waals surface area (Å²) in [5, 5.41) is 5.32. The molecule has 2 N–H and O–H groups in total. The molecule has 4 rings (SSSR count). The molecule has 0 fully saturated rings. The maximum Gasteiger partial charge on any atom is 0.309 e. The summed E-state index contributed by atoms with van der Waals surface area (Å²) in [7, 11) is 2.11. The van der Waals surface area contributed by atoms with Gasteiger partial charge in [0.25, 0.3) is 0 Å². The number of rotatable bonds is 5. The first-order chi connectivity index (χ1) is 14.1. The monoisotopic (exact) mass is 395 g/mol. The van der Waals surface area contributed by atoms with Crippen LogP contribution in [0.4, 0.5) is 5.69 Å². The fourth-order valence-corrected chi connectivity index (χ4v) is 3.71. The molecule has 2 amide bonds. The first-order valence-corrected chi connectivity index (χ1v) is 9.87. The van der Waals surface area contributed by atoms with E-state index < -0.39 is 11.8 Å². The highest BCUT2D eigenvalue weighted by atomic mass is 16.7. The average Bonchev–Trinajstić information content (AvgIpc) is 3.20. The van der Waals surface area contributed by atoms with Crippen molar-refractivity contribution in [3.63, 3.8) is 0 Å². The van der Waals surface area contributed by atoms with E-state index >= 15 is 0 Å². The van der Waals surface area contributed by atoms with Crippen molar-refractivity contribution in [2.75, 3.05) is 31.8 Å². The van der Waals surface area contributed by atoms with Crippen LogP contribution in [0.1, 0.15) is 23.1 Å². The van der Waals surface area contributed by atoms with E-state index in [1.54, 1.807) is 12.1 Å². The number of carbonyl (C=O) groups is 2. The summed E-state index contributed by atoms with van der Waals surface area (Å²) in [6.45, 7) is 1.96. The average molecular weight is 395 g/mol. The number of anilines is 1. The molecule has 2 aliphatic rings. The number of carbonyl (C=O) groups excluding carboxylic acids is 2. The van der Waals surface area contributed by atoms with Crippen molar-refractivity contribution in [3.05, 3.63) is 53.1 Å². The zero-order valence-corrected chi connectivity index (χ0v) is 16.5. The highest BCUT2D eigenvalue weighted by Crippen LogP contribution is 2.32. The first-order valence-electron chi connectivity index (χ1n) is 9.87. The Labute approximate surface area is 170 Å². The van der Waals surface area contributed by atoms with Gasteiger partial charge in [-0.1, -0.05) is 18.2 Å². The van der Waals surface area contributed by atoms with E-state index in [1.165, 1.54) is 16.8 Å². The third kappa shape index (κ3) is 4.45. The molecule has 0 unspecified atom stereocenters. The van der Waals surface area contributed by atoms with Gasteiger partial charge in [0.1, 0.15) is 0 Å². The quantitative estimate of drug-likeness (QED) is 0.755. The van der Waals surface area contributed by atoms with Gasteiger partial charge in [-0.2, -0.15) is 0 Å². The van der Waals surface area contributed by atoms with Crippen molar-refractivity contribution in [3.8, 4) is 11.5 Å². The molecule has 0 saturated carbocycles. The Kier molecular flexibility index (Phi) is 5.55. The number of nitrogens with zero attached hydrogens (tertiary/aromatic N) is 1. The fraction of sp³-hybridized carbons (Fsp3) is 0.364. The van der Waals surface area contributed by atoms with E-state index in [2.05, 4.69) is 40.8 Å². The molecule has 2 aromatic carbocycles. The number of amides is 2. The highest BCUT2D eigenvalue weighted by Gasteiger charge is 2.16. The fourth-order valence-electron chi connectivity index (χ4n) is 3.71. The maximum atomic E-state index is 12.0. The number of hydrogen-bond donors (Lipinski definition) is 2. The van der Waals surface area contributed by atoms with Crippen LogP contribution in [0.15, 0.2) is 36.4 Å². The number of hydrogen-bond acceptors (Lipinski definition) is 5. The lowest BCUT2D eigenvalue weighted by molar-refractivity contribution is -0.139. The van der Waals surface area contributed by atoms with E-state index in [4.69, 9.17) is 9.47 Å². The third-order valence-corrected chi connectivity index (χ3v) is 5.29. The molecule has 7 nitrogen and oxygen atoms in total. The molecule has 2 heterocycles. The van der Waals surface area contributed by atoms with Crippen LogP contribution in [0.25, 0.3) is 0 Å². The van der Waals surface area contributed by atoms with Crippen molar-refractivity contribution in [2.24, 2.45) is 0 Å². The van der Waals surface area contributed by atoms with Crippen LogP contribution >= 0.6 is 0 Å². The normalized spacial score (nSPS) is 14.3. The first kappa shape index (κ1) is 19.1. The minimum absolute atomic E-state index is 0.203. The zero-order chi connectivity index (χ0) is 20.2. The lowest BCUT2D eigenvalue weighted by atomic mass is 9.98. The van der Waals surface area contributed by atoms with Gasteiger partial charge in [0.05, 0.1) is 0 Å². The van der Waals surface area contributed by atoms with E-state index in [9.17, 15) is 9.59 Å². The molecule has 0 aliphatic carbocycles. The zero-order valence-electron chi connectivity index (χ0n) is 16.5. The predicted molar refractivity (Wildman–Crippen MR) is 109 cm³/mol. The summed E-state index contributed by atoms with van der Waals surface area (Å²) < 4.78 is 10.6. The molecule has 29 heavy (non-hydrogen) atoms. The lowest BCUT2D eigenvalue weighted by Crippen LogP contribution is -2.40. The van der Waals surface area contributed by atoms with Gasteiger partial charge in [-0.15, -0.1) is 0 Å². The van der Waals surface area contributed by atoms with Gasteiger partial charge in [-0.3, -0.25) is 9.59 Å². The van der Waals surface area contributed by atoms with E-state index in [1.807, 2.05) is 6.07 Å². The summed E-state index contributed by atoms with van der Waals surface area (Å²) in [5.74, 6) is 0.0715. The topological polar surface area (TPSA) is 79.9 Å². The van der Waals surface area contributed by atoms with Crippen LogP contribution in [0.5, 0.6) is 11.5 Å². The minimum Gasteiger partial charge on any atom is -0.454 e. The Morgan fingerprint density at radius 1 is 1.00 bits per heavy atom. The molecule has 0 saturated heterocycles. The molecule has 0 spiro atoms. The van der Waals surface area contributed by atoms with E-state index in [0.29, 0.717) is 24.5 Å². The Bertz CT molecular complexity index is 928.